The van der Waals surface area contributed by atoms with E-state index >= 15 is 0 Å². The van der Waals surface area contributed by atoms with Crippen molar-refractivity contribution in [3.8, 4) is 0 Å². The fraction of sp³-hybridized carbons (Fsp3) is 0.150. The van der Waals surface area contributed by atoms with Crippen LogP contribution in [-0.2, 0) is 4.79 Å². The van der Waals surface area contributed by atoms with Crippen LogP contribution in [0.25, 0.3) is 0 Å². The molecule has 2 atom stereocenters. The highest BCUT2D eigenvalue weighted by Crippen LogP contribution is 2.22. The van der Waals surface area contributed by atoms with E-state index in [9.17, 15) is 4.79 Å². The zero-order chi connectivity index (χ0) is 17.6. The van der Waals surface area contributed by atoms with Crippen molar-refractivity contribution in [1.29, 1.82) is 0 Å². The Morgan fingerprint density at radius 3 is 2.40 bits per heavy atom. The van der Waals surface area contributed by atoms with Crippen LogP contribution in [0.15, 0.2) is 76.6 Å². The molecule has 3 nitrogen and oxygen atoms in total. The quantitative estimate of drug-likeness (QED) is 0.622. The summed E-state index contributed by atoms with van der Waals surface area (Å²) in [6.07, 6.45) is 0. The fourth-order valence-corrected chi connectivity index (χ4v) is 3.76. The monoisotopic (exact) mass is 415 g/mol. The van der Waals surface area contributed by atoms with Gasteiger partial charge in [-0.05, 0) is 42.6 Å². The van der Waals surface area contributed by atoms with Gasteiger partial charge in [-0.15, -0.1) is 11.3 Å². The number of carbonyl (C=O) groups excluding carboxylic acids is 1. The molecule has 2 aromatic carbocycles. The summed E-state index contributed by atoms with van der Waals surface area (Å²) < 4.78 is 0.993. The SMILES string of the molecule is C[C@@H]([NH2+][C@H](c1ccccc1)c1cccs1)C(=O)Nc1ccc(Br)cc1. The molecule has 128 valence electrons. The molecule has 25 heavy (non-hydrogen) atoms. The summed E-state index contributed by atoms with van der Waals surface area (Å²) >= 11 is 5.12. The maximum atomic E-state index is 12.6. The van der Waals surface area contributed by atoms with E-state index in [-0.39, 0.29) is 18.0 Å². The molecule has 3 aromatic rings. The van der Waals surface area contributed by atoms with Crippen LogP contribution >= 0.6 is 27.3 Å². The highest BCUT2D eigenvalue weighted by atomic mass is 79.9. The van der Waals surface area contributed by atoms with E-state index in [1.807, 2.05) is 49.4 Å². The van der Waals surface area contributed by atoms with Gasteiger partial charge in [0.1, 0.15) is 6.04 Å². The van der Waals surface area contributed by atoms with Crippen LogP contribution in [0, 0.1) is 0 Å². The molecule has 0 radical (unpaired) electrons. The summed E-state index contributed by atoms with van der Waals surface area (Å²) in [6.45, 7) is 1.94. The van der Waals surface area contributed by atoms with Gasteiger partial charge in [0.2, 0.25) is 0 Å². The van der Waals surface area contributed by atoms with Gasteiger partial charge in [0.15, 0.2) is 6.04 Å². The van der Waals surface area contributed by atoms with Gasteiger partial charge in [-0.1, -0.05) is 52.3 Å². The van der Waals surface area contributed by atoms with Crippen molar-refractivity contribution >= 4 is 38.9 Å². The van der Waals surface area contributed by atoms with Gasteiger partial charge < -0.3 is 10.6 Å². The Morgan fingerprint density at radius 1 is 1.04 bits per heavy atom. The molecule has 1 aromatic heterocycles. The Bertz CT molecular complexity index is 803. The van der Waals surface area contributed by atoms with Crippen LogP contribution < -0.4 is 10.6 Å². The van der Waals surface area contributed by atoms with E-state index < -0.39 is 0 Å². The summed E-state index contributed by atoms with van der Waals surface area (Å²) in [5.74, 6) is -0.000176. The van der Waals surface area contributed by atoms with Gasteiger partial charge in [0, 0.05) is 15.7 Å². The van der Waals surface area contributed by atoms with Crippen LogP contribution in [0.2, 0.25) is 0 Å². The average Bonchev–Trinajstić information content (AvgIpc) is 3.16. The molecule has 0 saturated carbocycles. The molecule has 5 heteroatoms. The average molecular weight is 416 g/mol. The number of quaternary nitrogens is 1. The molecule has 3 rings (SSSR count). The second-order valence-corrected chi connectivity index (χ2v) is 7.78. The van der Waals surface area contributed by atoms with Crippen molar-refractivity contribution in [2.75, 3.05) is 5.32 Å². The topological polar surface area (TPSA) is 45.7 Å². The minimum atomic E-state index is -0.212. The molecule has 0 spiro atoms. The summed E-state index contributed by atoms with van der Waals surface area (Å²) in [6, 6.07) is 22.0. The number of carbonyl (C=O) groups is 1. The number of nitrogens with two attached hydrogens (primary N) is 1. The lowest BCUT2D eigenvalue weighted by Crippen LogP contribution is -2.92. The lowest BCUT2D eigenvalue weighted by molar-refractivity contribution is -0.703. The second kappa shape index (κ2) is 8.43. The maximum absolute atomic E-state index is 12.6. The molecule has 1 amide bonds. The number of benzene rings is 2. The van der Waals surface area contributed by atoms with Crippen LogP contribution in [-0.4, -0.2) is 11.9 Å². The summed E-state index contributed by atoms with van der Waals surface area (Å²) in [4.78, 5) is 13.8. The number of rotatable bonds is 6. The Balaban J connectivity index is 1.72. The molecule has 1 heterocycles. The predicted molar refractivity (Wildman–Crippen MR) is 107 cm³/mol. The number of hydrogen-bond donors (Lipinski definition) is 2. The summed E-state index contributed by atoms with van der Waals surface area (Å²) in [5, 5.41) is 7.18. The van der Waals surface area contributed by atoms with E-state index in [0.29, 0.717) is 0 Å². The third-order valence-corrected chi connectivity index (χ3v) is 5.50. The standard InChI is InChI=1S/C20H19BrN2OS/c1-14(20(24)23-17-11-9-16(21)10-12-17)22-19(18-8-5-13-25-18)15-6-3-2-4-7-15/h2-14,19,22H,1H3,(H,23,24)/p+1/t14-,19-/m1/s1. The van der Waals surface area contributed by atoms with E-state index in [1.165, 1.54) is 10.4 Å². The van der Waals surface area contributed by atoms with Crippen molar-refractivity contribution in [2.24, 2.45) is 0 Å². The minimum absolute atomic E-state index is 0.000176. The molecule has 0 aliphatic rings. The third kappa shape index (κ3) is 4.78. The minimum Gasteiger partial charge on any atom is -0.326 e. The largest absolute Gasteiger partial charge is 0.326 e. The molecular weight excluding hydrogens is 396 g/mol. The molecule has 0 fully saturated rings. The van der Waals surface area contributed by atoms with Crippen molar-refractivity contribution in [3.05, 3.63) is 87.0 Å². The number of amides is 1. The van der Waals surface area contributed by atoms with E-state index in [4.69, 9.17) is 0 Å². The molecule has 0 aliphatic heterocycles. The van der Waals surface area contributed by atoms with E-state index in [2.05, 4.69) is 56.2 Å². The zero-order valence-corrected chi connectivity index (χ0v) is 16.3. The molecule has 0 unspecified atom stereocenters. The lowest BCUT2D eigenvalue weighted by Gasteiger charge is -2.19. The van der Waals surface area contributed by atoms with Crippen molar-refractivity contribution in [2.45, 2.75) is 19.0 Å². The van der Waals surface area contributed by atoms with Gasteiger partial charge in [-0.3, -0.25) is 4.79 Å². The van der Waals surface area contributed by atoms with Crippen LogP contribution in [0.5, 0.6) is 0 Å². The Kier molecular flexibility index (Phi) is 6.02. The Morgan fingerprint density at radius 2 is 1.76 bits per heavy atom. The normalized spacial score (nSPS) is 13.2. The molecule has 3 N–H and O–H groups in total. The first-order valence-electron chi connectivity index (χ1n) is 8.13. The molecule has 0 bridgehead atoms. The number of halogens is 1. The van der Waals surface area contributed by atoms with Crippen LogP contribution in [0.3, 0.4) is 0 Å². The first-order chi connectivity index (χ1) is 12.1. The van der Waals surface area contributed by atoms with Gasteiger partial charge in [-0.25, -0.2) is 0 Å². The van der Waals surface area contributed by atoms with Crippen LogP contribution in [0.4, 0.5) is 5.69 Å². The van der Waals surface area contributed by atoms with Crippen molar-refractivity contribution in [1.82, 2.24) is 0 Å². The third-order valence-electron chi connectivity index (χ3n) is 4.01. The number of anilines is 1. The molecule has 0 saturated heterocycles. The highest BCUT2D eigenvalue weighted by Gasteiger charge is 2.25. The smallest absolute Gasteiger partial charge is 0.282 e. The summed E-state index contributed by atoms with van der Waals surface area (Å²) in [7, 11) is 0. The van der Waals surface area contributed by atoms with Crippen molar-refractivity contribution in [3.63, 3.8) is 0 Å². The first-order valence-corrected chi connectivity index (χ1v) is 9.80. The van der Waals surface area contributed by atoms with Gasteiger partial charge >= 0.3 is 0 Å². The van der Waals surface area contributed by atoms with Crippen LogP contribution in [0.1, 0.15) is 23.4 Å². The van der Waals surface area contributed by atoms with Gasteiger partial charge in [0.25, 0.3) is 5.91 Å². The zero-order valence-electron chi connectivity index (χ0n) is 13.9. The van der Waals surface area contributed by atoms with E-state index in [0.717, 1.165) is 10.2 Å². The molecule has 0 aliphatic carbocycles. The second-order valence-electron chi connectivity index (χ2n) is 5.88. The summed E-state index contributed by atoms with van der Waals surface area (Å²) in [5.41, 5.74) is 2.01. The fourth-order valence-electron chi connectivity index (χ4n) is 2.66. The number of thiophene rings is 1. The number of nitrogens with one attached hydrogen (secondary N) is 1. The van der Waals surface area contributed by atoms with E-state index in [1.54, 1.807) is 11.3 Å². The van der Waals surface area contributed by atoms with Gasteiger partial charge in [-0.2, -0.15) is 0 Å². The maximum Gasteiger partial charge on any atom is 0.282 e. The Hall–Kier alpha value is -1.95. The predicted octanol–water partition coefficient (Wildman–Crippen LogP) is 4.19. The number of hydrogen-bond acceptors (Lipinski definition) is 2. The Labute approximate surface area is 160 Å². The highest BCUT2D eigenvalue weighted by molar-refractivity contribution is 9.10. The van der Waals surface area contributed by atoms with Crippen molar-refractivity contribution < 1.29 is 10.1 Å². The lowest BCUT2D eigenvalue weighted by atomic mass is 10.0. The molecular formula is C20H20BrN2OS+. The van der Waals surface area contributed by atoms with Gasteiger partial charge in [0.05, 0.1) is 4.88 Å². The first kappa shape index (κ1) is 17.9.